The highest BCUT2D eigenvalue weighted by Crippen LogP contribution is 2.23. The van der Waals surface area contributed by atoms with E-state index in [0.29, 0.717) is 6.61 Å². The number of rotatable bonds is 4. The molecule has 0 spiro atoms. The Balaban J connectivity index is 2.07. The number of aliphatic hydroxyl groups excluding tert-OH is 1. The van der Waals surface area contributed by atoms with E-state index in [9.17, 15) is 9.50 Å². The molecule has 1 atom stereocenters. The Hall–Kier alpha value is -1.87. The SMILES string of the molecule is Cc1cc([C@H](C)O)ccc1OCc1cccc(F)c1. The summed E-state index contributed by atoms with van der Waals surface area (Å²) < 4.78 is 18.7. The molecule has 0 saturated heterocycles. The van der Waals surface area contributed by atoms with E-state index in [1.165, 1.54) is 12.1 Å². The Morgan fingerprint density at radius 3 is 2.63 bits per heavy atom. The van der Waals surface area contributed by atoms with Gasteiger partial charge in [-0.1, -0.05) is 18.2 Å². The molecule has 0 unspecified atom stereocenters. The summed E-state index contributed by atoms with van der Waals surface area (Å²) in [5, 5.41) is 9.49. The lowest BCUT2D eigenvalue weighted by molar-refractivity contribution is 0.199. The van der Waals surface area contributed by atoms with Gasteiger partial charge in [0.2, 0.25) is 0 Å². The van der Waals surface area contributed by atoms with Gasteiger partial charge < -0.3 is 9.84 Å². The monoisotopic (exact) mass is 260 g/mol. The highest BCUT2D eigenvalue weighted by Gasteiger charge is 2.05. The third-order valence-electron chi connectivity index (χ3n) is 2.96. The zero-order chi connectivity index (χ0) is 13.8. The Morgan fingerprint density at radius 2 is 2.00 bits per heavy atom. The van der Waals surface area contributed by atoms with Crippen molar-refractivity contribution in [2.75, 3.05) is 0 Å². The van der Waals surface area contributed by atoms with Gasteiger partial charge in [0, 0.05) is 0 Å². The van der Waals surface area contributed by atoms with Gasteiger partial charge in [-0.2, -0.15) is 0 Å². The molecule has 19 heavy (non-hydrogen) atoms. The predicted octanol–water partition coefficient (Wildman–Crippen LogP) is 3.77. The minimum atomic E-state index is -0.490. The van der Waals surface area contributed by atoms with Crippen molar-refractivity contribution in [3.05, 3.63) is 65.0 Å². The van der Waals surface area contributed by atoms with E-state index < -0.39 is 6.10 Å². The Bertz CT molecular complexity index is 564. The fraction of sp³-hybridized carbons (Fsp3) is 0.250. The van der Waals surface area contributed by atoms with Crippen molar-refractivity contribution in [2.24, 2.45) is 0 Å². The van der Waals surface area contributed by atoms with Crippen molar-refractivity contribution in [2.45, 2.75) is 26.6 Å². The highest BCUT2D eigenvalue weighted by atomic mass is 19.1. The molecule has 100 valence electrons. The van der Waals surface area contributed by atoms with Gasteiger partial charge in [0.15, 0.2) is 0 Å². The van der Waals surface area contributed by atoms with Crippen LogP contribution in [0.4, 0.5) is 4.39 Å². The standard InChI is InChI=1S/C16H17FO2/c1-11-8-14(12(2)18)6-7-16(11)19-10-13-4-3-5-15(17)9-13/h3-9,12,18H,10H2,1-2H3/t12-/m0/s1. The van der Waals surface area contributed by atoms with Gasteiger partial charge in [0.25, 0.3) is 0 Å². The number of hydrogen-bond acceptors (Lipinski definition) is 2. The molecule has 0 aliphatic rings. The lowest BCUT2D eigenvalue weighted by atomic mass is 10.1. The smallest absolute Gasteiger partial charge is 0.123 e. The number of aliphatic hydroxyl groups is 1. The average molecular weight is 260 g/mol. The highest BCUT2D eigenvalue weighted by molar-refractivity contribution is 5.37. The first-order chi connectivity index (χ1) is 9.06. The van der Waals surface area contributed by atoms with Crippen LogP contribution in [0.5, 0.6) is 5.75 Å². The van der Waals surface area contributed by atoms with Crippen molar-refractivity contribution in [1.82, 2.24) is 0 Å². The Labute approximate surface area is 112 Å². The maximum Gasteiger partial charge on any atom is 0.123 e. The van der Waals surface area contributed by atoms with E-state index in [4.69, 9.17) is 4.74 Å². The summed E-state index contributed by atoms with van der Waals surface area (Å²) in [5.74, 6) is 0.482. The fourth-order valence-electron chi connectivity index (χ4n) is 1.88. The van der Waals surface area contributed by atoms with Crippen LogP contribution in [-0.4, -0.2) is 5.11 Å². The molecule has 2 rings (SSSR count). The zero-order valence-electron chi connectivity index (χ0n) is 11.1. The molecule has 2 nitrogen and oxygen atoms in total. The normalized spacial score (nSPS) is 12.2. The van der Waals surface area contributed by atoms with Crippen LogP contribution in [0.15, 0.2) is 42.5 Å². The predicted molar refractivity (Wildman–Crippen MR) is 72.5 cm³/mol. The third kappa shape index (κ3) is 3.55. The number of ether oxygens (including phenoxy) is 1. The summed E-state index contributed by atoms with van der Waals surface area (Å²) in [6.07, 6.45) is -0.490. The quantitative estimate of drug-likeness (QED) is 0.906. The first kappa shape index (κ1) is 13.6. The summed E-state index contributed by atoms with van der Waals surface area (Å²) in [6, 6.07) is 11.9. The first-order valence-corrected chi connectivity index (χ1v) is 6.22. The molecule has 1 N–H and O–H groups in total. The minimum absolute atomic E-state index is 0.262. The van der Waals surface area contributed by atoms with Gasteiger partial charge in [0.1, 0.15) is 18.2 Å². The van der Waals surface area contributed by atoms with E-state index in [0.717, 1.165) is 22.4 Å². The van der Waals surface area contributed by atoms with Gasteiger partial charge in [-0.05, 0) is 54.8 Å². The Morgan fingerprint density at radius 1 is 1.21 bits per heavy atom. The van der Waals surface area contributed by atoms with Gasteiger partial charge in [-0.25, -0.2) is 4.39 Å². The number of aryl methyl sites for hydroxylation is 1. The summed E-state index contributed by atoms with van der Waals surface area (Å²) in [7, 11) is 0. The molecule has 2 aromatic rings. The largest absolute Gasteiger partial charge is 0.489 e. The maximum absolute atomic E-state index is 13.0. The second kappa shape index (κ2) is 5.85. The van der Waals surface area contributed by atoms with Crippen LogP contribution in [0, 0.1) is 12.7 Å². The summed E-state index contributed by atoms with van der Waals surface area (Å²) in [4.78, 5) is 0. The van der Waals surface area contributed by atoms with Crippen molar-refractivity contribution in [3.63, 3.8) is 0 Å². The van der Waals surface area contributed by atoms with Crippen LogP contribution < -0.4 is 4.74 Å². The van der Waals surface area contributed by atoms with Crippen molar-refractivity contribution in [3.8, 4) is 5.75 Å². The molecule has 0 aromatic heterocycles. The average Bonchev–Trinajstić information content (AvgIpc) is 2.37. The van der Waals surface area contributed by atoms with Crippen LogP contribution in [0.2, 0.25) is 0 Å². The first-order valence-electron chi connectivity index (χ1n) is 6.22. The van der Waals surface area contributed by atoms with Gasteiger partial charge >= 0.3 is 0 Å². The third-order valence-corrected chi connectivity index (χ3v) is 2.96. The molecule has 0 saturated carbocycles. The van der Waals surface area contributed by atoms with Crippen LogP contribution in [0.3, 0.4) is 0 Å². The lowest BCUT2D eigenvalue weighted by Gasteiger charge is -2.12. The molecular weight excluding hydrogens is 243 g/mol. The summed E-state index contributed by atoms with van der Waals surface area (Å²) in [6.45, 7) is 3.97. The van der Waals surface area contributed by atoms with E-state index >= 15 is 0 Å². The molecule has 0 aliphatic carbocycles. The van der Waals surface area contributed by atoms with Crippen LogP contribution in [0.25, 0.3) is 0 Å². The van der Waals surface area contributed by atoms with E-state index in [2.05, 4.69) is 0 Å². The maximum atomic E-state index is 13.0. The second-order valence-corrected chi connectivity index (χ2v) is 4.62. The van der Waals surface area contributed by atoms with Crippen LogP contribution in [-0.2, 0) is 6.61 Å². The van der Waals surface area contributed by atoms with Crippen LogP contribution >= 0.6 is 0 Å². The van der Waals surface area contributed by atoms with Crippen molar-refractivity contribution >= 4 is 0 Å². The van der Waals surface area contributed by atoms with E-state index in [1.54, 1.807) is 13.0 Å². The Kier molecular flexibility index (Phi) is 4.17. The molecule has 3 heteroatoms. The van der Waals surface area contributed by atoms with Crippen LogP contribution in [0.1, 0.15) is 29.7 Å². The zero-order valence-corrected chi connectivity index (χ0v) is 11.1. The molecular formula is C16H17FO2. The molecule has 2 aromatic carbocycles. The van der Waals surface area contributed by atoms with Crippen molar-refractivity contribution < 1.29 is 14.2 Å². The molecule has 0 aliphatic heterocycles. The van der Waals surface area contributed by atoms with Gasteiger partial charge in [-0.3, -0.25) is 0 Å². The molecule has 0 bridgehead atoms. The van der Waals surface area contributed by atoms with E-state index in [1.807, 2.05) is 31.2 Å². The second-order valence-electron chi connectivity index (χ2n) is 4.62. The lowest BCUT2D eigenvalue weighted by Crippen LogP contribution is -1.99. The fourth-order valence-corrected chi connectivity index (χ4v) is 1.88. The molecule has 0 amide bonds. The summed E-state index contributed by atoms with van der Waals surface area (Å²) >= 11 is 0. The van der Waals surface area contributed by atoms with E-state index in [-0.39, 0.29) is 5.82 Å². The topological polar surface area (TPSA) is 29.5 Å². The number of benzene rings is 2. The van der Waals surface area contributed by atoms with Gasteiger partial charge in [0.05, 0.1) is 6.10 Å². The number of hydrogen-bond donors (Lipinski definition) is 1. The minimum Gasteiger partial charge on any atom is -0.489 e. The number of halogens is 1. The van der Waals surface area contributed by atoms with Gasteiger partial charge in [-0.15, -0.1) is 0 Å². The molecule has 0 fully saturated rings. The van der Waals surface area contributed by atoms with Crippen molar-refractivity contribution in [1.29, 1.82) is 0 Å². The molecule has 0 heterocycles. The summed E-state index contributed by atoms with van der Waals surface area (Å²) in [5.41, 5.74) is 2.60. The molecule has 0 radical (unpaired) electrons.